The van der Waals surface area contributed by atoms with E-state index < -0.39 is 6.10 Å². The number of nitrogens with one attached hydrogen (secondary N) is 1. The van der Waals surface area contributed by atoms with Crippen LogP contribution < -0.4 is 15.8 Å². The van der Waals surface area contributed by atoms with Crippen LogP contribution in [0.15, 0.2) is 24.3 Å². The minimum Gasteiger partial charge on any atom is -0.494 e. The second-order valence-corrected chi connectivity index (χ2v) is 5.40. The predicted octanol–water partition coefficient (Wildman–Crippen LogP) is 2.62. The Hall–Kier alpha value is -1.10. The molecule has 0 fully saturated rings. The van der Waals surface area contributed by atoms with Crippen LogP contribution in [0.4, 0.5) is 0 Å². The first-order valence-electron chi connectivity index (χ1n) is 8.01. The van der Waals surface area contributed by atoms with Crippen molar-refractivity contribution in [1.82, 2.24) is 5.32 Å². The average molecular weight is 294 g/mol. The fourth-order valence-corrected chi connectivity index (χ4v) is 2.35. The van der Waals surface area contributed by atoms with Gasteiger partial charge in [-0.2, -0.15) is 0 Å². The summed E-state index contributed by atoms with van der Waals surface area (Å²) in [6.07, 6.45) is 5.01. The molecule has 0 aliphatic heterocycles. The third-order valence-electron chi connectivity index (χ3n) is 3.72. The van der Waals surface area contributed by atoms with Crippen molar-refractivity contribution in [2.24, 2.45) is 5.73 Å². The molecule has 4 heteroatoms. The van der Waals surface area contributed by atoms with Crippen molar-refractivity contribution in [1.29, 1.82) is 0 Å². The molecule has 0 heterocycles. The van der Waals surface area contributed by atoms with E-state index in [-0.39, 0.29) is 6.04 Å². The minimum atomic E-state index is -0.544. The molecule has 0 aliphatic carbocycles. The molecule has 4 nitrogen and oxygen atoms in total. The topological polar surface area (TPSA) is 67.5 Å². The number of ether oxygens (including phenoxy) is 1. The number of aliphatic hydroxyl groups is 1. The summed E-state index contributed by atoms with van der Waals surface area (Å²) in [6, 6.07) is 7.68. The Balaban J connectivity index is 2.45. The third-order valence-corrected chi connectivity index (χ3v) is 3.72. The SMILES string of the molecule is CCCCCCOc1ccc(C(O)C(CCN)NC)cc1. The number of aliphatic hydroxyl groups excluding tert-OH is 1. The molecule has 0 amide bonds. The Morgan fingerprint density at radius 3 is 2.48 bits per heavy atom. The highest BCUT2D eigenvalue weighted by Crippen LogP contribution is 2.21. The van der Waals surface area contributed by atoms with Crippen LogP contribution in [0, 0.1) is 0 Å². The van der Waals surface area contributed by atoms with Crippen molar-refractivity contribution in [3.63, 3.8) is 0 Å². The summed E-state index contributed by atoms with van der Waals surface area (Å²) in [5, 5.41) is 13.4. The number of benzene rings is 1. The lowest BCUT2D eigenvalue weighted by molar-refractivity contribution is 0.129. The molecule has 2 unspecified atom stereocenters. The molecule has 0 bridgehead atoms. The number of likely N-dealkylation sites (N-methyl/N-ethyl adjacent to an activating group) is 1. The highest BCUT2D eigenvalue weighted by Gasteiger charge is 2.18. The summed E-state index contributed by atoms with van der Waals surface area (Å²) in [4.78, 5) is 0. The van der Waals surface area contributed by atoms with E-state index in [1.54, 1.807) is 0 Å². The van der Waals surface area contributed by atoms with Crippen molar-refractivity contribution in [3.05, 3.63) is 29.8 Å². The van der Waals surface area contributed by atoms with Crippen molar-refractivity contribution >= 4 is 0 Å². The highest BCUT2D eigenvalue weighted by atomic mass is 16.5. The summed E-state index contributed by atoms with van der Waals surface area (Å²) in [6.45, 7) is 3.52. The average Bonchev–Trinajstić information content (AvgIpc) is 2.52. The van der Waals surface area contributed by atoms with Gasteiger partial charge in [0.1, 0.15) is 5.75 Å². The largest absolute Gasteiger partial charge is 0.494 e. The van der Waals surface area contributed by atoms with E-state index in [1.807, 2.05) is 31.3 Å². The molecular weight excluding hydrogens is 264 g/mol. The fraction of sp³-hybridized carbons (Fsp3) is 0.647. The Kier molecular flexibility index (Phi) is 9.06. The quantitative estimate of drug-likeness (QED) is 0.549. The lowest BCUT2D eigenvalue weighted by Gasteiger charge is -2.22. The second kappa shape index (κ2) is 10.6. The molecule has 0 aliphatic rings. The van der Waals surface area contributed by atoms with Gasteiger partial charge >= 0.3 is 0 Å². The summed E-state index contributed by atoms with van der Waals surface area (Å²) in [5.74, 6) is 0.863. The van der Waals surface area contributed by atoms with Gasteiger partial charge in [-0.1, -0.05) is 38.3 Å². The zero-order valence-electron chi connectivity index (χ0n) is 13.3. The van der Waals surface area contributed by atoms with Crippen molar-refractivity contribution in [2.75, 3.05) is 20.2 Å². The Morgan fingerprint density at radius 1 is 1.19 bits per heavy atom. The van der Waals surface area contributed by atoms with Crippen molar-refractivity contribution in [2.45, 2.75) is 51.2 Å². The minimum absolute atomic E-state index is 0.0178. The van der Waals surface area contributed by atoms with E-state index in [0.717, 1.165) is 30.8 Å². The number of nitrogens with two attached hydrogens (primary N) is 1. The van der Waals surface area contributed by atoms with E-state index in [0.29, 0.717) is 6.54 Å². The molecule has 1 rings (SSSR count). The van der Waals surface area contributed by atoms with Gasteiger partial charge in [-0.05, 0) is 44.1 Å². The molecule has 21 heavy (non-hydrogen) atoms. The van der Waals surface area contributed by atoms with Crippen LogP contribution in [-0.2, 0) is 0 Å². The molecule has 120 valence electrons. The second-order valence-electron chi connectivity index (χ2n) is 5.40. The number of rotatable bonds is 11. The number of hydrogen-bond acceptors (Lipinski definition) is 4. The Bertz CT molecular complexity index is 368. The molecule has 0 spiro atoms. The van der Waals surface area contributed by atoms with Gasteiger partial charge in [0.2, 0.25) is 0 Å². The smallest absolute Gasteiger partial charge is 0.119 e. The zero-order chi connectivity index (χ0) is 15.5. The van der Waals surface area contributed by atoms with Gasteiger partial charge in [-0.15, -0.1) is 0 Å². The van der Waals surface area contributed by atoms with Gasteiger partial charge in [-0.3, -0.25) is 0 Å². The lowest BCUT2D eigenvalue weighted by Crippen LogP contribution is -2.34. The first kappa shape index (κ1) is 18.0. The molecule has 0 aromatic heterocycles. The molecule has 0 radical (unpaired) electrons. The van der Waals surface area contributed by atoms with Crippen LogP contribution >= 0.6 is 0 Å². The summed E-state index contributed by atoms with van der Waals surface area (Å²) < 4.78 is 5.70. The molecular formula is C17H30N2O2. The van der Waals surface area contributed by atoms with E-state index in [4.69, 9.17) is 10.5 Å². The maximum absolute atomic E-state index is 10.3. The van der Waals surface area contributed by atoms with E-state index in [1.165, 1.54) is 19.3 Å². The monoisotopic (exact) mass is 294 g/mol. The van der Waals surface area contributed by atoms with Crippen molar-refractivity contribution < 1.29 is 9.84 Å². The van der Waals surface area contributed by atoms with Crippen LogP contribution in [0.5, 0.6) is 5.75 Å². The van der Waals surface area contributed by atoms with Gasteiger partial charge in [0.05, 0.1) is 12.7 Å². The first-order valence-corrected chi connectivity index (χ1v) is 8.01. The van der Waals surface area contributed by atoms with Crippen LogP contribution in [0.25, 0.3) is 0 Å². The zero-order valence-corrected chi connectivity index (χ0v) is 13.3. The summed E-state index contributed by atoms with van der Waals surface area (Å²) in [5.41, 5.74) is 6.45. The third kappa shape index (κ3) is 6.46. The predicted molar refractivity (Wildman–Crippen MR) is 87.6 cm³/mol. The normalized spacial score (nSPS) is 13.9. The van der Waals surface area contributed by atoms with Crippen LogP contribution in [-0.4, -0.2) is 31.3 Å². The maximum Gasteiger partial charge on any atom is 0.119 e. The fourth-order valence-electron chi connectivity index (χ4n) is 2.35. The Morgan fingerprint density at radius 2 is 1.90 bits per heavy atom. The van der Waals surface area contributed by atoms with E-state index in [9.17, 15) is 5.11 Å². The van der Waals surface area contributed by atoms with Crippen molar-refractivity contribution in [3.8, 4) is 5.75 Å². The van der Waals surface area contributed by atoms with Gasteiger partial charge in [0.25, 0.3) is 0 Å². The number of hydrogen-bond donors (Lipinski definition) is 3. The molecule has 0 saturated heterocycles. The summed E-state index contributed by atoms with van der Waals surface area (Å²) in [7, 11) is 1.84. The van der Waals surface area contributed by atoms with Gasteiger partial charge in [0.15, 0.2) is 0 Å². The standard InChI is InChI=1S/C17H30N2O2/c1-3-4-5-6-13-21-15-9-7-14(8-10-15)17(20)16(19-2)11-12-18/h7-10,16-17,19-20H,3-6,11-13,18H2,1-2H3. The maximum atomic E-state index is 10.3. The molecule has 0 saturated carbocycles. The van der Waals surface area contributed by atoms with E-state index in [2.05, 4.69) is 12.2 Å². The summed E-state index contributed by atoms with van der Waals surface area (Å²) >= 11 is 0. The van der Waals surface area contributed by atoms with Gasteiger partial charge in [-0.25, -0.2) is 0 Å². The lowest BCUT2D eigenvalue weighted by atomic mass is 10.00. The highest BCUT2D eigenvalue weighted by molar-refractivity contribution is 5.29. The van der Waals surface area contributed by atoms with Crippen LogP contribution in [0.3, 0.4) is 0 Å². The molecule has 1 aromatic rings. The molecule has 2 atom stereocenters. The molecule has 1 aromatic carbocycles. The first-order chi connectivity index (χ1) is 10.2. The number of unbranched alkanes of at least 4 members (excludes halogenated alkanes) is 3. The molecule has 4 N–H and O–H groups in total. The Labute approximate surface area is 128 Å². The van der Waals surface area contributed by atoms with Gasteiger partial charge in [0, 0.05) is 6.04 Å². The van der Waals surface area contributed by atoms with E-state index >= 15 is 0 Å². The van der Waals surface area contributed by atoms with Gasteiger partial charge < -0.3 is 20.9 Å². The van der Waals surface area contributed by atoms with Crippen LogP contribution in [0.2, 0.25) is 0 Å². The van der Waals surface area contributed by atoms with Crippen LogP contribution in [0.1, 0.15) is 50.7 Å².